The number of fused-ring (bicyclic) bond motifs is 1. The Labute approximate surface area is 93.2 Å². The molecule has 0 unspecified atom stereocenters. The summed E-state index contributed by atoms with van der Waals surface area (Å²) in [6.45, 7) is 0.540. The van der Waals surface area contributed by atoms with Crippen LogP contribution in [0.2, 0.25) is 5.15 Å². The fourth-order valence-electron chi connectivity index (χ4n) is 1.39. The van der Waals surface area contributed by atoms with Crippen LogP contribution < -0.4 is 5.73 Å². The molecule has 0 saturated heterocycles. The minimum atomic E-state index is 0. The van der Waals surface area contributed by atoms with Gasteiger partial charge in [0.15, 0.2) is 5.15 Å². The second-order valence-corrected chi connectivity index (χ2v) is 3.33. The van der Waals surface area contributed by atoms with Gasteiger partial charge in [-0.1, -0.05) is 17.7 Å². The lowest BCUT2D eigenvalue weighted by molar-refractivity contribution is 0.796. The fraction of sp³-hybridized carbons (Fsp3) is 0.222. The lowest BCUT2D eigenvalue weighted by Gasteiger charge is -1.97. The van der Waals surface area contributed by atoms with Gasteiger partial charge in [0, 0.05) is 19.0 Å². The molecule has 0 aliphatic heterocycles. The third kappa shape index (κ3) is 1.71. The highest BCUT2D eigenvalue weighted by atomic mass is 35.5. The Morgan fingerprint density at radius 2 is 2.21 bits per heavy atom. The van der Waals surface area contributed by atoms with E-state index in [0.717, 1.165) is 16.5 Å². The Hall–Kier alpha value is -0.770. The van der Waals surface area contributed by atoms with E-state index in [1.165, 1.54) is 0 Å². The first-order valence-corrected chi connectivity index (χ1v) is 4.41. The molecule has 1 aromatic heterocycles. The van der Waals surface area contributed by atoms with Crippen molar-refractivity contribution in [3.8, 4) is 0 Å². The molecule has 76 valence electrons. The highest BCUT2D eigenvalue weighted by Gasteiger charge is 2.05. The molecule has 0 atom stereocenters. The van der Waals surface area contributed by atoms with Crippen molar-refractivity contribution in [2.24, 2.45) is 12.8 Å². The highest BCUT2D eigenvalue weighted by Crippen LogP contribution is 2.22. The fourth-order valence-corrected chi connectivity index (χ4v) is 1.66. The first-order valence-electron chi connectivity index (χ1n) is 4.03. The molecule has 1 aromatic carbocycles. The van der Waals surface area contributed by atoms with Crippen molar-refractivity contribution in [1.82, 2.24) is 9.78 Å². The number of hydrogen-bond acceptors (Lipinski definition) is 2. The predicted molar refractivity (Wildman–Crippen MR) is 60.9 cm³/mol. The van der Waals surface area contributed by atoms with E-state index < -0.39 is 0 Å². The predicted octanol–water partition coefficient (Wildman–Crippen LogP) is 2.11. The smallest absolute Gasteiger partial charge is 0.158 e. The Balaban J connectivity index is 0.000000980. The van der Waals surface area contributed by atoms with Crippen molar-refractivity contribution in [2.45, 2.75) is 6.54 Å². The van der Waals surface area contributed by atoms with E-state index in [1.54, 1.807) is 4.68 Å². The van der Waals surface area contributed by atoms with Gasteiger partial charge in [0.2, 0.25) is 0 Å². The zero-order valence-corrected chi connectivity index (χ0v) is 9.27. The second-order valence-electron chi connectivity index (χ2n) is 2.97. The summed E-state index contributed by atoms with van der Waals surface area (Å²) in [7, 11) is 1.87. The van der Waals surface area contributed by atoms with E-state index in [9.17, 15) is 0 Å². The van der Waals surface area contributed by atoms with Crippen LogP contribution in [0.3, 0.4) is 0 Å². The summed E-state index contributed by atoms with van der Waals surface area (Å²) in [5.41, 5.74) is 7.65. The Morgan fingerprint density at radius 3 is 2.86 bits per heavy atom. The van der Waals surface area contributed by atoms with Gasteiger partial charge in [-0.3, -0.25) is 4.68 Å². The van der Waals surface area contributed by atoms with Gasteiger partial charge < -0.3 is 5.73 Å². The van der Waals surface area contributed by atoms with Crippen molar-refractivity contribution in [3.05, 3.63) is 28.9 Å². The van der Waals surface area contributed by atoms with Crippen LogP contribution in [-0.4, -0.2) is 9.78 Å². The SMILES string of the molecule is Cl.Cn1nc(Cl)c2ccc(CN)cc21. The summed E-state index contributed by atoms with van der Waals surface area (Å²) in [5.74, 6) is 0. The summed E-state index contributed by atoms with van der Waals surface area (Å²) in [4.78, 5) is 0. The molecule has 1 heterocycles. The average molecular weight is 232 g/mol. The van der Waals surface area contributed by atoms with Crippen LogP contribution in [0.15, 0.2) is 18.2 Å². The van der Waals surface area contributed by atoms with Crippen molar-refractivity contribution in [2.75, 3.05) is 0 Å². The largest absolute Gasteiger partial charge is 0.326 e. The van der Waals surface area contributed by atoms with E-state index in [-0.39, 0.29) is 12.4 Å². The maximum absolute atomic E-state index is 5.91. The van der Waals surface area contributed by atoms with Gasteiger partial charge in [-0.05, 0) is 17.7 Å². The zero-order valence-electron chi connectivity index (χ0n) is 7.70. The van der Waals surface area contributed by atoms with Gasteiger partial charge in [0.25, 0.3) is 0 Å². The Bertz CT molecular complexity index is 450. The molecule has 0 fully saturated rings. The molecule has 0 aliphatic carbocycles. The first kappa shape index (κ1) is 11.3. The number of benzene rings is 1. The summed E-state index contributed by atoms with van der Waals surface area (Å²) >= 11 is 5.91. The number of halogens is 2. The topological polar surface area (TPSA) is 43.8 Å². The van der Waals surface area contributed by atoms with E-state index in [1.807, 2.05) is 25.2 Å². The summed E-state index contributed by atoms with van der Waals surface area (Å²) < 4.78 is 1.76. The van der Waals surface area contributed by atoms with E-state index in [2.05, 4.69) is 5.10 Å². The second kappa shape index (κ2) is 4.17. The van der Waals surface area contributed by atoms with Gasteiger partial charge in [-0.15, -0.1) is 12.4 Å². The quantitative estimate of drug-likeness (QED) is 0.818. The number of nitrogens with two attached hydrogens (primary N) is 1. The van der Waals surface area contributed by atoms with Crippen LogP contribution in [0.25, 0.3) is 10.9 Å². The van der Waals surface area contributed by atoms with E-state index in [0.29, 0.717) is 11.7 Å². The number of nitrogens with zero attached hydrogens (tertiary/aromatic N) is 2. The van der Waals surface area contributed by atoms with Crippen molar-refractivity contribution in [3.63, 3.8) is 0 Å². The summed E-state index contributed by atoms with van der Waals surface area (Å²) in [6.07, 6.45) is 0. The molecule has 14 heavy (non-hydrogen) atoms. The number of aryl methyl sites for hydroxylation is 1. The van der Waals surface area contributed by atoms with Crippen LogP contribution in [0, 0.1) is 0 Å². The molecule has 0 spiro atoms. The van der Waals surface area contributed by atoms with Crippen molar-refractivity contribution < 1.29 is 0 Å². The van der Waals surface area contributed by atoms with Crippen LogP contribution in [0.5, 0.6) is 0 Å². The molecule has 0 amide bonds. The number of rotatable bonds is 1. The molecule has 0 radical (unpaired) electrons. The standard InChI is InChI=1S/C9H10ClN3.ClH/c1-13-8-4-6(5-11)2-3-7(8)9(10)12-13;/h2-4H,5,11H2,1H3;1H. The maximum atomic E-state index is 5.91. The molecular weight excluding hydrogens is 221 g/mol. The van der Waals surface area contributed by atoms with Gasteiger partial charge in [-0.2, -0.15) is 5.10 Å². The van der Waals surface area contributed by atoms with Gasteiger partial charge in [0.05, 0.1) is 5.52 Å². The zero-order chi connectivity index (χ0) is 9.42. The molecule has 2 N–H and O–H groups in total. The molecule has 0 aliphatic rings. The lowest BCUT2D eigenvalue weighted by Crippen LogP contribution is -1.96. The molecule has 0 bridgehead atoms. The van der Waals surface area contributed by atoms with Crippen LogP contribution in [-0.2, 0) is 13.6 Å². The molecule has 0 saturated carbocycles. The van der Waals surface area contributed by atoms with Gasteiger partial charge >= 0.3 is 0 Å². The number of hydrogen-bond donors (Lipinski definition) is 1. The Morgan fingerprint density at radius 1 is 1.50 bits per heavy atom. The molecule has 2 rings (SSSR count). The highest BCUT2D eigenvalue weighted by molar-refractivity contribution is 6.34. The first-order chi connectivity index (χ1) is 6.22. The molecule has 2 aromatic rings. The minimum absolute atomic E-state index is 0. The maximum Gasteiger partial charge on any atom is 0.158 e. The van der Waals surface area contributed by atoms with Crippen LogP contribution >= 0.6 is 24.0 Å². The molecule has 5 heteroatoms. The van der Waals surface area contributed by atoms with Crippen LogP contribution in [0.1, 0.15) is 5.56 Å². The third-order valence-corrected chi connectivity index (χ3v) is 2.39. The number of aromatic nitrogens is 2. The van der Waals surface area contributed by atoms with E-state index in [4.69, 9.17) is 17.3 Å². The summed E-state index contributed by atoms with van der Waals surface area (Å²) in [5, 5.41) is 5.62. The average Bonchev–Trinajstić information content (AvgIpc) is 2.42. The summed E-state index contributed by atoms with van der Waals surface area (Å²) in [6, 6.07) is 5.93. The molecular formula is C9H11Cl2N3. The lowest BCUT2D eigenvalue weighted by atomic mass is 10.2. The van der Waals surface area contributed by atoms with E-state index >= 15 is 0 Å². The van der Waals surface area contributed by atoms with Gasteiger partial charge in [0.1, 0.15) is 0 Å². The molecule has 3 nitrogen and oxygen atoms in total. The Kier molecular flexibility index (Phi) is 3.37. The van der Waals surface area contributed by atoms with Crippen LogP contribution in [0.4, 0.5) is 0 Å². The van der Waals surface area contributed by atoms with Gasteiger partial charge in [-0.25, -0.2) is 0 Å². The third-order valence-electron chi connectivity index (χ3n) is 2.11. The van der Waals surface area contributed by atoms with Crippen molar-refractivity contribution in [1.29, 1.82) is 0 Å². The van der Waals surface area contributed by atoms with Crippen molar-refractivity contribution >= 4 is 34.9 Å². The minimum Gasteiger partial charge on any atom is -0.326 e. The normalized spacial score (nSPS) is 10.2. The monoisotopic (exact) mass is 231 g/mol.